The van der Waals surface area contributed by atoms with E-state index in [9.17, 15) is 4.79 Å². The average molecular weight is 322 g/mol. The molecular weight excluding hydrogens is 292 g/mol. The Labute approximate surface area is 139 Å². The molecular formula is C16H30N6O. The second kappa shape index (κ2) is 6.86. The highest BCUT2D eigenvalue weighted by atomic mass is 16.2. The molecule has 0 unspecified atom stereocenters. The fourth-order valence-corrected chi connectivity index (χ4v) is 3.16. The molecule has 1 aliphatic heterocycles. The molecule has 0 spiro atoms. The second-order valence-electron chi connectivity index (χ2n) is 7.15. The van der Waals surface area contributed by atoms with Gasteiger partial charge in [-0.25, -0.2) is 4.79 Å². The van der Waals surface area contributed by atoms with Crippen molar-refractivity contribution < 1.29 is 4.79 Å². The van der Waals surface area contributed by atoms with Gasteiger partial charge in [-0.3, -0.25) is 4.90 Å². The van der Waals surface area contributed by atoms with Crippen molar-refractivity contribution in [2.24, 2.45) is 0 Å². The summed E-state index contributed by atoms with van der Waals surface area (Å²) in [7, 11) is 3.61. The van der Waals surface area contributed by atoms with Crippen molar-refractivity contribution in [2.75, 3.05) is 33.7 Å². The Balaban J connectivity index is 2.09. The first-order chi connectivity index (χ1) is 10.8. The van der Waals surface area contributed by atoms with E-state index >= 15 is 0 Å². The molecule has 23 heavy (non-hydrogen) atoms. The normalized spacial score (nSPS) is 18.3. The van der Waals surface area contributed by atoms with E-state index in [1.807, 2.05) is 11.8 Å². The Morgan fingerprint density at radius 1 is 1.26 bits per heavy atom. The molecule has 0 saturated carbocycles. The predicted molar refractivity (Wildman–Crippen MR) is 90.2 cm³/mol. The summed E-state index contributed by atoms with van der Waals surface area (Å²) in [5.74, 6) is 1.99. The first-order valence-corrected chi connectivity index (χ1v) is 8.36. The molecule has 0 bridgehead atoms. The number of nitrogens with zero attached hydrogens (tertiary/aromatic N) is 6. The summed E-state index contributed by atoms with van der Waals surface area (Å²) < 4.78 is 2.20. The molecule has 2 rings (SSSR count). The van der Waals surface area contributed by atoms with Gasteiger partial charge >= 0.3 is 6.03 Å². The fourth-order valence-electron chi connectivity index (χ4n) is 3.16. The SMILES string of the molecule is CCCn1c(C)nnc1CN1CCN(C(=O)N(C)C)CC1(C)C. The summed E-state index contributed by atoms with van der Waals surface area (Å²) >= 11 is 0. The van der Waals surface area contributed by atoms with E-state index in [-0.39, 0.29) is 11.6 Å². The maximum Gasteiger partial charge on any atom is 0.319 e. The fraction of sp³-hybridized carbons (Fsp3) is 0.812. The van der Waals surface area contributed by atoms with Crippen LogP contribution in [0.3, 0.4) is 0 Å². The molecule has 1 aromatic rings. The van der Waals surface area contributed by atoms with Crippen molar-refractivity contribution in [1.82, 2.24) is 29.5 Å². The minimum Gasteiger partial charge on any atom is -0.331 e. The molecule has 7 nitrogen and oxygen atoms in total. The lowest BCUT2D eigenvalue weighted by Gasteiger charge is -2.47. The number of hydrogen-bond acceptors (Lipinski definition) is 4. The van der Waals surface area contributed by atoms with Gasteiger partial charge in [0, 0.05) is 45.8 Å². The van der Waals surface area contributed by atoms with Gasteiger partial charge in [-0.2, -0.15) is 0 Å². The molecule has 0 N–H and O–H groups in total. The first-order valence-electron chi connectivity index (χ1n) is 8.36. The topological polar surface area (TPSA) is 57.5 Å². The van der Waals surface area contributed by atoms with Crippen molar-refractivity contribution in [1.29, 1.82) is 0 Å². The van der Waals surface area contributed by atoms with Crippen molar-refractivity contribution in [3.05, 3.63) is 11.6 Å². The number of aryl methyl sites for hydroxylation is 1. The van der Waals surface area contributed by atoms with Gasteiger partial charge in [0.1, 0.15) is 11.6 Å². The minimum atomic E-state index is -0.0825. The van der Waals surface area contributed by atoms with Gasteiger partial charge in [0.05, 0.1) is 6.54 Å². The predicted octanol–water partition coefficient (Wildman–Crippen LogP) is 1.57. The molecule has 130 valence electrons. The highest BCUT2D eigenvalue weighted by molar-refractivity contribution is 5.74. The number of carbonyl (C=O) groups is 1. The molecule has 2 amide bonds. The van der Waals surface area contributed by atoms with Gasteiger partial charge in [-0.1, -0.05) is 6.92 Å². The van der Waals surface area contributed by atoms with Crippen LogP contribution in [0.4, 0.5) is 4.79 Å². The molecule has 7 heteroatoms. The summed E-state index contributed by atoms with van der Waals surface area (Å²) in [5, 5.41) is 8.59. The number of aromatic nitrogens is 3. The largest absolute Gasteiger partial charge is 0.331 e. The maximum atomic E-state index is 12.2. The molecule has 0 atom stereocenters. The molecule has 1 saturated heterocycles. The molecule has 1 aromatic heterocycles. The van der Waals surface area contributed by atoms with Gasteiger partial charge in [0.2, 0.25) is 0 Å². The van der Waals surface area contributed by atoms with Crippen molar-refractivity contribution in [2.45, 2.75) is 52.7 Å². The van der Waals surface area contributed by atoms with E-state index < -0.39 is 0 Å². The summed E-state index contributed by atoms with van der Waals surface area (Å²) in [6.07, 6.45) is 1.07. The van der Waals surface area contributed by atoms with Crippen LogP contribution in [0, 0.1) is 6.92 Å². The monoisotopic (exact) mass is 322 g/mol. The van der Waals surface area contributed by atoms with E-state index in [1.165, 1.54) is 0 Å². The van der Waals surface area contributed by atoms with Crippen LogP contribution >= 0.6 is 0 Å². The van der Waals surface area contributed by atoms with Crippen LogP contribution in [-0.4, -0.2) is 74.8 Å². The number of piperazine rings is 1. The van der Waals surface area contributed by atoms with Crippen LogP contribution in [0.15, 0.2) is 0 Å². The van der Waals surface area contributed by atoms with Crippen molar-refractivity contribution >= 4 is 6.03 Å². The zero-order valence-corrected chi connectivity index (χ0v) is 15.3. The summed E-state index contributed by atoms with van der Waals surface area (Å²) in [6.45, 7) is 12.6. The molecule has 1 aliphatic rings. The van der Waals surface area contributed by atoms with Crippen LogP contribution in [-0.2, 0) is 13.1 Å². The average Bonchev–Trinajstić information content (AvgIpc) is 2.81. The Morgan fingerprint density at radius 2 is 1.96 bits per heavy atom. The van der Waals surface area contributed by atoms with Crippen LogP contribution < -0.4 is 0 Å². The lowest BCUT2D eigenvalue weighted by atomic mass is 9.99. The molecule has 0 radical (unpaired) electrons. The minimum absolute atomic E-state index is 0.0825. The van der Waals surface area contributed by atoms with E-state index in [0.717, 1.165) is 50.8 Å². The number of carbonyl (C=O) groups excluding carboxylic acids is 1. The highest BCUT2D eigenvalue weighted by Crippen LogP contribution is 2.23. The highest BCUT2D eigenvalue weighted by Gasteiger charge is 2.36. The Morgan fingerprint density at radius 3 is 2.52 bits per heavy atom. The van der Waals surface area contributed by atoms with Crippen molar-refractivity contribution in [3.8, 4) is 0 Å². The third-order valence-electron chi connectivity index (χ3n) is 4.52. The van der Waals surface area contributed by atoms with Crippen molar-refractivity contribution in [3.63, 3.8) is 0 Å². The van der Waals surface area contributed by atoms with Gasteiger partial charge in [0.15, 0.2) is 0 Å². The maximum absolute atomic E-state index is 12.2. The van der Waals surface area contributed by atoms with Gasteiger partial charge in [-0.15, -0.1) is 10.2 Å². The molecule has 2 heterocycles. The van der Waals surface area contributed by atoms with Crippen LogP contribution in [0.25, 0.3) is 0 Å². The standard InChI is InChI=1S/C16H30N6O/c1-7-8-22-13(2)17-18-14(22)11-21-10-9-20(12-16(21,3)4)15(23)19(5)6/h7-12H2,1-6H3. The van der Waals surface area contributed by atoms with E-state index in [1.54, 1.807) is 19.0 Å². The van der Waals surface area contributed by atoms with Gasteiger partial charge in [0.25, 0.3) is 0 Å². The Bertz CT molecular complexity index is 551. The summed E-state index contributed by atoms with van der Waals surface area (Å²) in [5.41, 5.74) is -0.0825. The Kier molecular flexibility index (Phi) is 5.29. The van der Waals surface area contributed by atoms with Crippen LogP contribution in [0.2, 0.25) is 0 Å². The zero-order chi connectivity index (χ0) is 17.2. The Hall–Kier alpha value is -1.63. The van der Waals surface area contributed by atoms with E-state index in [0.29, 0.717) is 0 Å². The number of hydrogen-bond donors (Lipinski definition) is 0. The number of urea groups is 1. The van der Waals surface area contributed by atoms with Crippen LogP contribution in [0.1, 0.15) is 38.8 Å². The van der Waals surface area contributed by atoms with Gasteiger partial charge < -0.3 is 14.4 Å². The molecule has 0 aromatic carbocycles. The lowest BCUT2D eigenvalue weighted by molar-refractivity contribution is 0.0220. The van der Waals surface area contributed by atoms with E-state index in [4.69, 9.17) is 0 Å². The third kappa shape index (κ3) is 3.83. The molecule has 0 aliphatic carbocycles. The summed E-state index contributed by atoms with van der Waals surface area (Å²) in [4.78, 5) is 18.2. The zero-order valence-electron chi connectivity index (χ0n) is 15.3. The van der Waals surface area contributed by atoms with Gasteiger partial charge in [-0.05, 0) is 27.2 Å². The number of rotatable bonds is 4. The first kappa shape index (κ1) is 17.7. The third-order valence-corrected chi connectivity index (χ3v) is 4.52. The summed E-state index contributed by atoms with van der Waals surface area (Å²) in [6, 6.07) is 0.0859. The molecule has 1 fully saturated rings. The quantitative estimate of drug-likeness (QED) is 0.844. The number of amides is 2. The smallest absolute Gasteiger partial charge is 0.319 e. The second-order valence-corrected chi connectivity index (χ2v) is 7.15. The lowest BCUT2D eigenvalue weighted by Crippen LogP contribution is -2.61. The van der Waals surface area contributed by atoms with E-state index in [2.05, 4.69) is 40.4 Å². The van der Waals surface area contributed by atoms with Crippen LogP contribution in [0.5, 0.6) is 0 Å².